The zero-order valence-electron chi connectivity index (χ0n) is 9.53. The summed E-state index contributed by atoms with van der Waals surface area (Å²) in [6.45, 7) is 0. The van der Waals surface area contributed by atoms with Gasteiger partial charge < -0.3 is 9.84 Å². The molecule has 0 spiro atoms. The summed E-state index contributed by atoms with van der Waals surface area (Å²) < 4.78 is 5.10. The molecule has 0 radical (unpaired) electrons. The maximum absolute atomic E-state index is 11.0. The highest BCUT2D eigenvalue weighted by molar-refractivity contribution is 7.99. The summed E-state index contributed by atoms with van der Waals surface area (Å²) in [4.78, 5) is 19.7. The summed E-state index contributed by atoms with van der Waals surface area (Å²) >= 11 is 1.24. The Bertz CT molecular complexity index is 575. The third kappa shape index (κ3) is 2.78. The highest BCUT2D eigenvalue weighted by Crippen LogP contribution is 2.29. The number of rotatable bonds is 4. The van der Waals surface area contributed by atoms with E-state index in [2.05, 4.69) is 9.97 Å². The molecule has 5 nitrogen and oxygen atoms in total. The summed E-state index contributed by atoms with van der Waals surface area (Å²) in [6, 6.07) is 7.31. The van der Waals surface area contributed by atoms with Crippen LogP contribution >= 0.6 is 11.8 Å². The summed E-state index contributed by atoms with van der Waals surface area (Å²) in [5, 5.41) is 9.36. The molecule has 0 atom stereocenters. The average Bonchev–Trinajstić information content (AvgIpc) is 2.39. The van der Waals surface area contributed by atoms with E-state index < -0.39 is 5.97 Å². The Balaban J connectivity index is 2.31. The van der Waals surface area contributed by atoms with Gasteiger partial charge in [0.15, 0.2) is 5.69 Å². The second kappa shape index (κ2) is 5.50. The van der Waals surface area contributed by atoms with Crippen molar-refractivity contribution in [3.8, 4) is 5.75 Å². The Kier molecular flexibility index (Phi) is 3.78. The molecule has 0 bridgehead atoms. The van der Waals surface area contributed by atoms with Crippen molar-refractivity contribution in [1.29, 1.82) is 0 Å². The van der Waals surface area contributed by atoms with E-state index in [9.17, 15) is 4.79 Å². The Morgan fingerprint density at radius 2 is 2.11 bits per heavy atom. The largest absolute Gasteiger partial charge is 0.497 e. The lowest BCUT2D eigenvalue weighted by Gasteiger charge is -2.05. The van der Waals surface area contributed by atoms with Crippen LogP contribution in [0, 0.1) is 0 Å². The summed E-state index contributed by atoms with van der Waals surface area (Å²) in [6.07, 6.45) is 2.83. The molecule has 0 aliphatic heterocycles. The van der Waals surface area contributed by atoms with Gasteiger partial charge in [0.1, 0.15) is 10.8 Å². The zero-order valence-corrected chi connectivity index (χ0v) is 10.3. The summed E-state index contributed by atoms with van der Waals surface area (Å²) in [5.74, 6) is -0.380. The van der Waals surface area contributed by atoms with E-state index in [1.54, 1.807) is 7.11 Å². The lowest BCUT2D eigenvalue weighted by atomic mass is 10.3. The van der Waals surface area contributed by atoms with Gasteiger partial charge in [-0.1, -0.05) is 17.8 Å². The van der Waals surface area contributed by atoms with Crippen LogP contribution in [0.3, 0.4) is 0 Å². The van der Waals surface area contributed by atoms with Crippen LogP contribution in [-0.4, -0.2) is 28.2 Å². The number of benzene rings is 1. The minimum absolute atomic E-state index is 0.0506. The molecule has 0 amide bonds. The molecule has 2 rings (SSSR count). The van der Waals surface area contributed by atoms with E-state index in [0.717, 1.165) is 4.90 Å². The molecule has 0 unspecified atom stereocenters. The third-order valence-electron chi connectivity index (χ3n) is 2.12. The fraction of sp³-hybridized carbons (Fsp3) is 0.0833. The van der Waals surface area contributed by atoms with Crippen molar-refractivity contribution in [1.82, 2.24) is 9.97 Å². The third-order valence-corrected chi connectivity index (χ3v) is 3.10. The number of ether oxygens (including phenoxy) is 1. The number of carboxylic acids is 1. The number of hydrogen-bond acceptors (Lipinski definition) is 5. The van der Waals surface area contributed by atoms with Crippen molar-refractivity contribution in [3.63, 3.8) is 0 Å². The minimum atomic E-state index is -1.09. The van der Waals surface area contributed by atoms with E-state index in [1.807, 2.05) is 24.3 Å². The van der Waals surface area contributed by atoms with Crippen LogP contribution in [0.5, 0.6) is 5.75 Å². The molecule has 0 saturated carbocycles. The van der Waals surface area contributed by atoms with Crippen molar-refractivity contribution < 1.29 is 14.6 Å². The first kappa shape index (κ1) is 12.4. The molecular weight excluding hydrogens is 252 g/mol. The van der Waals surface area contributed by atoms with Crippen LogP contribution in [0.15, 0.2) is 46.6 Å². The molecular formula is C12H10N2O3S. The van der Waals surface area contributed by atoms with E-state index in [1.165, 1.54) is 24.2 Å². The van der Waals surface area contributed by atoms with Gasteiger partial charge in [-0.25, -0.2) is 14.8 Å². The molecule has 1 heterocycles. The van der Waals surface area contributed by atoms with E-state index in [-0.39, 0.29) is 5.69 Å². The number of hydrogen-bond donors (Lipinski definition) is 1. The standard InChI is InChI=1S/C12H10N2O3S/c1-17-8-3-2-4-9(7-8)18-11-10(12(15)16)13-5-6-14-11/h2-7H,1H3,(H,15,16). The molecule has 0 saturated heterocycles. The first-order valence-electron chi connectivity index (χ1n) is 5.07. The SMILES string of the molecule is COc1cccc(Sc2nccnc2C(=O)O)c1. The van der Waals surface area contributed by atoms with Crippen LogP contribution in [0.4, 0.5) is 0 Å². The predicted octanol–water partition coefficient (Wildman–Crippen LogP) is 2.33. The van der Waals surface area contributed by atoms with Crippen LogP contribution < -0.4 is 4.74 Å². The molecule has 6 heteroatoms. The van der Waals surface area contributed by atoms with Crippen LogP contribution in [0.1, 0.15) is 10.5 Å². The molecule has 2 aromatic rings. The number of carboxylic acid groups (broad SMARTS) is 1. The Morgan fingerprint density at radius 1 is 1.33 bits per heavy atom. The van der Waals surface area contributed by atoms with Gasteiger partial charge >= 0.3 is 5.97 Å². The fourth-order valence-electron chi connectivity index (χ4n) is 1.32. The summed E-state index contributed by atoms with van der Waals surface area (Å²) in [7, 11) is 1.58. The summed E-state index contributed by atoms with van der Waals surface area (Å²) in [5.41, 5.74) is -0.0506. The van der Waals surface area contributed by atoms with Gasteiger partial charge in [-0.2, -0.15) is 0 Å². The van der Waals surface area contributed by atoms with E-state index in [0.29, 0.717) is 10.8 Å². The van der Waals surface area contributed by atoms with Crippen molar-refractivity contribution in [2.75, 3.05) is 7.11 Å². The molecule has 0 aliphatic rings. The number of aromatic nitrogens is 2. The van der Waals surface area contributed by atoms with Crippen LogP contribution in [0.2, 0.25) is 0 Å². The second-order valence-corrected chi connectivity index (χ2v) is 4.36. The number of aromatic carboxylic acids is 1. The van der Waals surface area contributed by atoms with Crippen LogP contribution in [-0.2, 0) is 0 Å². The molecule has 92 valence electrons. The van der Waals surface area contributed by atoms with Gasteiger partial charge in [0.2, 0.25) is 0 Å². The topological polar surface area (TPSA) is 72.3 Å². The van der Waals surface area contributed by atoms with Gasteiger partial charge in [-0.3, -0.25) is 0 Å². The van der Waals surface area contributed by atoms with Gasteiger partial charge in [0.25, 0.3) is 0 Å². The lowest BCUT2D eigenvalue weighted by Crippen LogP contribution is -2.03. The highest BCUT2D eigenvalue weighted by atomic mass is 32.2. The van der Waals surface area contributed by atoms with Crippen molar-refractivity contribution in [2.45, 2.75) is 9.92 Å². The molecule has 1 aromatic heterocycles. The Labute approximate surface area is 108 Å². The van der Waals surface area contributed by atoms with E-state index in [4.69, 9.17) is 9.84 Å². The van der Waals surface area contributed by atoms with Crippen molar-refractivity contribution in [2.24, 2.45) is 0 Å². The maximum Gasteiger partial charge on any atom is 0.357 e. The van der Waals surface area contributed by atoms with Crippen molar-refractivity contribution >= 4 is 17.7 Å². The molecule has 0 aliphatic carbocycles. The number of methoxy groups -OCH3 is 1. The Morgan fingerprint density at radius 3 is 2.83 bits per heavy atom. The normalized spacial score (nSPS) is 10.1. The zero-order chi connectivity index (χ0) is 13.0. The molecule has 0 fully saturated rings. The average molecular weight is 262 g/mol. The number of carbonyl (C=O) groups is 1. The first-order valence-corrected chi connectivity index (χ1v) is 5.88. The second-order valence-electron chi connectivity index (χ2n) is 3.30. The van der Waals surface area contributed by atoms with E-state index >= 15 is 0 Å². The smallest absolute Gasteiger partial charge is 0.357 e. The quantitative estimate of drug-likeness (QED) is 0.911. The predicted molar refractivity (Wildman–Crippen MR) is 66.1 cm³/mol. The number of nitrogens with zero attached hydrogens (tertiary/aromatic N) is 2. The molecule has 1 N–H and O–H groups in total. The minimum Gasteiger partial charge on any atom is -0.497 e. The monoisotopic (exact) mass is 262 g/mol. The molecule has 1 aromatic carbocycles. The van der Waals surface area contributed by atoms with Gasteiger partial charge in [-0.05, 0) is 18.2 Å². The fourth-order valence-corrected chi connectivity index (χ4v) is 2.22. The first-order chi connectivity index (χ1) is 8.70. The van der Waals surface area contributed by atoms with Gasteiger partial charge in [-0.15, -0.1) is 0 Å². The maximum atomic E-state index is 11.0. The Hall–Kier alpha value is -2.08. The van der Waals surface area contributed by atoms with Gasteiger partial charge in [0.05, 0.1) is 7.11 Å². The van der Waals surface area contributed by atoms with Gasteiger partial charge in [0, 0.05) is 17.3 Å². The lowest BCUT2D eigenvalue weighted by molar-refractivity contribution is 0.0685. The van der Waals surface area contributed by atoms with Crippen LogP contribution in [0.25, 0.3) is 0 Å². The molecule has 18 heavy (non-hydrogen) atoms. The highest BCUT2D eigenvalue weighted by Gasteiger charge is 2.13. The van der Waals surface area contributed by atoms with Crippen molar-refractivity contribution in [3.05, 3.63) is 42.4 Å².